The van der Waals surface area contributed by atoms with Gasteiger partial charge in [0.1, 0.15) is 17.3 Å². The molecule has 2 aromatic carbocycles. The van der Waals surface area contributed by atoms with Gasteiger partial charge in [0, 0.05) is 46.6 Å². The van der Waals surface area contributed by atoms with E-state index in [1.54, 1.807) is 7.11 Å². The van der Waals surface area contributed by atoms with Crippen LogP contribution in [-0.4, -0.2) is 28.9 Å². The number of hydrogen-bond acceptors (Lipinski definition) is 6. The third-order valence-corrected chi connectivity index (χ3v) is 8.81. The molecule has 5 nitrogen and oxygen atoms in total. The van der Waals surface area contributed by atoms with Crippen LogP contribution in [0.4, 0.5) is 0 Å². The minimum atomic E-state index is -0.786. The summed E-state index contributed by atoms with van der Waals surface area (Å²) in [6.45, 7) is 7.82. The molecule has 0 radical (unpaired) electrons. The molecule has 0 spiro atoms. The van der Waals surface area contributed by atoms with Crippen LogP contribution in [-0.2, 0) is 9.59 Å². The first-order valence-electron chi connectivity index (χ1n) is 13.0. The molecule has 0 fully saturated rings. The number of ketones is 2. The van der Waals surface area contributed by atoms with E-state index in [0.717, 1.165) is 31.8 Å². The van der Waals surface area contributed by atoms with Crippen molar-refractivity contribution < 1.29 is 24.5 Å². The topological polar surface area (TPSA) is 83.8 Å². The lowest BCUT2D eigenvalue weighted by atomic mass is 9.68. The molecular formula is C32H34O5S. The molecule has 0 aliphatic heterocycles. The fourth-order valence-corrected chi connectivity index (χ4v) is 6.98. The molecule has 0 saturated heterocycles. The molecule has 6 heteroatoms. The maximum Gasteiger partial charge on any atom is 0.163 e. The van der Waals surface area contributed by atoms with Gasteiger partial charge in [0.05, 0.1) is 13.0 Å². The molecule has 2 aliphatic carbocycles. The van der Waals surface area contributed by atoms with Crippen LogP contribution in [0.1, 0.15) is 64.2 Å². The molecule has 0 bridgehead atoms. The summed E-state index contributed by atoms with van der Waals surface area (Å²) in [4.78, 5) is 28.7. The molecular weight excluding hydrogens is 496 g/mol. The second-order valence-corrected chi connectivity index (χ2v) is 13.3. The fraction of sp³-hybridized carbons (Fsp3) is 0.375. The average Bonchev–Trinajstić information content (AvgIpc) is 3.30. The van der Waals surface area contributed by atoms with E-state index in [1.807, 2.05) is 70.2 Å². The van der Waals surface area contributed by atoms with Crippen molar-refractivity contribution in [3.8, 4) is 16.2 Å². The van der Waals surface area contributed by atoms with Gasteiger partial charge in [-0.3, -0.25) is 9.59 Å². The van der Waals surface area contributed by atoms with Gasteiger partial charge in [0.2, 0.25) is 0 Å². The molecule has 0 atom stereocenters. The largest absolute Gasteiger partial charge is 0.512 e. The number of carbonyl (C=O) groups is 2. The van der Waals surface area contributed by atoms with Crippen molar-refractivity contribution in [2.45, 2.75) is 59.3 Å². The number of thiophene rings is 1. The molecule has 0 amide bonds. The number of aliphatic hydroxyl groups is 2. The number of ether oxygens (including phenoxy) is 1. The molecule has 1 heterocycles. The maximum absolute atomic E-state index is 13.5. The van der Waals surface area contributed by atoms with Crippen LogP contribution in [0.5, 0.6) is 5.75 Å². The van der Waals surface area contributed by atoms with Crippen molar-refractivity contribution in [3.63, 3.8) is 0 Å². The van der Waals surface area contributed by atoms with Crippen molar-refractivity contribution in [2.24, 2.45) is 10.8 Å². The summed E-state index contributed by atoms with van der Waals surface area (Å²) < 4.78 is 5.34. The summed E-state index contributed by atoms with van der Waals surface area (Å²) in [5.41, 5.74) is 0.786. The van der Waals surface area contributed by atoms with Crippen LogP contribution in [0.25, 0.3) is 21.2 Å². The summed E-state index contributed by atoms with van der Waals surface area (Å²) >= 11 is 1.49. The van der Waals surface area contributed by atoms with Crippen LogP contribution in [0.2, 0.25) is 0 Å². The van der Waals surface area contributed by atoms with Crippen molar-refractivity contribution in [1.29, 1.82) is 0 Å². The molecule has 198 valence electrons. The van der Waals surface area contributed by atoms with E-state index in [9.17, 15) is 19.8 Å². The SMILES string of the molecule is COc1ccc2cc(-c3ccc(C(C4=C(O)CC(C)(C)CC4=O)C4=C(O)CC(C)(C)CC4=O)s3)ccc2c1. The lowest BCUT2D eigenvalue weighted by Crippen LogP contribution is -2.33. The predicted molar refractivity (Wildman–Crippen MR) is 152 cm³/mol. The Labute approximate surface area is 227 Å². The van der Waals surface area contributed by atoms with Crippen molar-refractivity contribution >= 4 is 33.7 Å². The van der Waals surface area contributed by atoms with Gasteiger partial charge < -0.3 is 14.9 Å². The first-order valence-corrected chi connectivity index (χ1v) is 13.8. The average molecular weight is 531 g/mol. The Hall–Kier alpha value is -3.38. The van der Waals surface area contributed by atoms with Gasteiger partial charge in [0.25, 0.3) is 0 Å². The first kappa shape index (κ1) is 26.2. The number of Topliss-reactive ketones (excluding diaryl/α,β-unsaturated/α-hetero) is 2. The highest BCUT2D eigenvalue weighted by atomic mass is 32.1. The molecule has 38 heavy (non-hydrogen) atoms. The monoisotopic (exact) mass is 530 g/mol. The standard InChI is InChI=1S/C32H34O5S/c1-31(2)14-22(33)28(23(34)15-31)30(29-24(35)16-32(3,4)17-25(29)36)27-11-10-26(38-27)20-7-6-19-13-21(37-5)9-8-18(19)12-20/h6-13,30,33,35H,14-17H2,1-5H3. The molecule has 5 rings (SSSR count). The lowest BCUT2D eigenvalue weighted by molar-refractivity contribution is -0.119. The minimum Gasteiger partial charge on any atom is -0.512 e. The van der Waals surface area contributed by atoms with Crippen molar-refractivity contribution in [2.75, 3.05) is 7.11 Å². The van der Waals surface area contributed by atoms with Gasteiger partial charge in [0.15, 0.2) is 11.6 Å². The quantitative estimate of drug-likeness (QED) is 0.348. The number of methoxy groups -OCH3 is 1. The summed E-state index contributed by atoms with van der Waals surface area (Å²) in [5.74, 6) is -0.292. The molecule has 3 aromatic rings. The lowest BCUT2D eigenvalue weighted by Gasteiger charge is -2.36. The van der Waals surface area contributed by atoms with E-state index in [0.29, 0.717) is 12.8 Å². The third-order valence-electron chi connectivity index (χ3n) is 7.61. The highest BCUT2D eigenvalue weighted by Crippen LogP contribution is 2.49. The molecule has 1 aromatic heterocycles. The molecule has 0 saturated carbocycles. The predicted octanol–water partition coefficient (Wildman–Crippen LogP) is 8.06. The third kappa shape index (κ3) is 4.90. The Balaban J connectivity index is 1.63. The Bertz CT molecular complexity index is 1470. The summed E-state index contributed by atoms with van der Waals surface area (Å²) in [6, 6.07) is 16.0. The van der Waals surface area contributed by atoms with Gasteiger partial charge in [-0.2, -0.15) is 0 Å². The normalized spacial score (nSPS) is 19.5. The summed E-state index contributed by atoms with van der Waals surface area (Å²) in [6.07, 6.45) is 1.27. The zero-order valence-electron chi connectivity index (χ0n) is 22.6. The van der Waals surface area contributed by atoms with E-state index in [1.165, 1.54) is 11.3 Å². The highest BCUT2D eigenvalue weighted by molar-refractivity contribution is 7.15. The van der Waals surface area contributed by atoms with Crippen LogP contribution in [0.15, 0.2) is 71.2 Å². The van der Waals surface area contributed by atoms with Crippen LogP contribution in [0.3, 0.4) is 0 Å². The summed E-state index contributed by atoms with van der Waals surface area (Å²) in [7, 11) is 1.65. The molecule has 2 N–H and O–H groups in total. The number of hydrogen-bond donors (Lipinski definition) is 2. The Morgan fingerprint density at radius 3 is 1.87 bits per heavy atom. The van der Waals surface area contributed by atoms with Crippen molar-refractivity contribution in [3.05, 3.63) is 76.1 Å². The molecule has 0 unspecified atom stereocenters. The number of benzene rings is 2. The van der Waals surface area contributed by atoms with E-state index >= 15 is 0 Å². The zero-order valence-corrected chi connectivity index (χ0v) is 23.4. The zero-order chi connectivity index (χ0) is 27.4. The number of carbonyl (C=O) groups excluding carboxylic acids is 2. The number of allylic oxidation sites excluding steroid dienone is 4. The second-order valence-electron chi connectivity index (χ2n) is 12.2. The first-order chi connectivity index (χ1) is 17.9. The van der Waals surface area contributed by atoms with Gasteiger partial charge in [-0.15, -0.1) is 11.3 Å². The van der Waals surface area contributed by atoms with E-state index in [-0.39, 0.29) is 57.9 Å². The van der Waals surface area contributed by atoms with Crippen LogP contribution < -0.4 is 4.74 Å². The number of aliphatic hydroxyl groups excluding tert-OH is 2. The van der Waals surface area contributed by atoms with Gasteiger partial charge in [-0.05, 0) is 57.5 Å². The Kier molecular flexibility index (Phi) is 6.50. The smallest absolute Gasteiger partial charge is 0.163 e. The van der Waals surface area contributed by atoms with Crippen LogP contribution in [0, 0.1) is 10.8 Å². The fourth-order valence-electron chi connectivity index (χ4n) is 5.85. The van der Waals surface area contributed by atoms with E-state index in [2.05, 4.69) is 6.07 Å². The van der Waals surface area contributed by atoms with Crippen LogP contribution >= 0.6 is 11.3 Å². The minimum absolute atomic E-state index is 0.0174. The Morgan fingerprint density at radius 2 is 1.32 bits per heavy atom. The Morgan fingerprint density at radius 1 is 0.763 bits per heavy atom. The van der Waals surface area contributed by atoms with Crippen molar-refractivity contribution in [1.82, 2.24) is 0 Å². The highest BCUT2D eigenvalue weighted by Gasteiger charge is 2.44. The van der Waals surface area contributed by atoms with E-state index in [4.69, 9.17) is 4.74 Å². The van der Waals surface area contributed by atoms with Gasteiger partial charge >= 0.3 is 0 Å². The molecule has 2 aliphatic rings. The number of fused-ring (bicyclic) bond motifs is 1. The van der Waals surface area contributed by atoms with Gasteiger partial charge in [-0.1, -0.05) is 45.9 Å². The second kappa shape index (κ2) is 9.42. The summed E-state index contributed by atoms with van der Waals surface area (Å²) in [5, 5.41) is 24.4. The van der Waals surface area contributed by atoms with E-state index < -0.39 is 5.92 Å². The van der Waals surface area contributed by atoms with Gasteiger partial charge in [-0.25, -0.2) is 0 Å². The number of rotatable bonds is 5. The maximum atomic E-state index is 13.5.